The van der Waals surface area contributed by atoms with Crippen molar-refractivity contribution >= 4 is 29.4 Å². The van der Waals surface area contributed by atoms with Gasteiger partial charge in [0.2, 0.25) is 17.8 Å². The Labute approximate surface area is 240 Å². The van der Waals surface area contributed by atoms with Crippen LogP contribution in [0.25, 0.3) is 0 Å². The summed E-state index contributed by atoms with van der Waals surface area (Å²) < 4.78 is 10.7. The molecule has 12 nitrogen and oxygen atoms in total. The molecule has 0 aliphatic heterocycles. The van der Waals surface area contributed by atoms with E-state index < -0.39 is 0 Å². The Hall–Kier alpha value is -3.84. The number of ether oxygens (including phenoxy) is 2. The third kappa shape index (κ3) is 10.6. The first-order valence-electron chi connectivity index (χ1n) is 14.1. The third-order valence-corrected chi connectivity index (χ3v) is 6.53. The number of anilines is 4. The van der Waals surface area contributed by atoms with Crippen molar-refractivity contribution in [1.82, 2.24) is 20.3 Å². The van der Waals surface area contributed by atoms with Crippen molar-refractivity contribution in [1.29, 1.82) is 0 Å². The molecule has 1 aliphatic carbocycles. The molecule has 1 heterocycles. The highest BCUT2D eigenvalue weighted by Gasteiger charge is 2.20. The zero-order chi connectivity index (χ0) is 28.7. The van der Waals surface area contributed by atoms with E-state index in [9.17, 15) is 9.90 Å². The molecule has 1 fully saturated rings. The summed E-state index contributed by atoms with van der Waals surface area (Å²) in [6.07, 6.45) is 2.97. The van der Waals surface area contributed by atoms with Crippen LogP contribution in [0.2, 0.25) is 0 Å². The smallest absolute Gasteiger partial charge is 0.251 e. The van der Waals surface area contributed by atoms with Crippen LogP contribution in [0.1, 0.15) is 41.6 Å². The molecule has 1 amide bonds. The molecule has 220 valence electrons. The summed E-state index contributed by atoms with van der Waals surface area (Å²) in [5.41, 5.74) is 7.74. The van der Waals surface area contributed by atoms with Crippen LogP contribution in [0.4, 0.5) is 23.5 Å². The number of rotatable bonds is 16. The monoisotopic (exact) mass is 564 g/mol. The molecule has 7 N–H and O–H groups in total. The van der Waals surface area contributed by atoms with Gasteiger partial charge in [0.15, 0.2) is 0 Å². The minimum atomic E-state index is -0.239. The zero-order valence-electron chi connectivity index (χ0n) is 23.2. The molecule has 4 rings (SSSR count). The number of amides is 1. The van der Waals surface area contributed by atoms with Gasteiger partial charge in [-0.3, -0.25) is 4.79 Å². The van der Waals surface area contributed by atoms with Crippen molar-refractivity contribution in [2.45, 2.75) is 44.4 Å². The molecule has 0 atom stereocenters. The minimum Gasteiger partial charge on any atom is -0.393 e. The number of carbonyl (C=O) groups excluding carboxylic acids is 1. The van der Waals surface area contributed by atoms with Crippen molar-refractivity contribution in [3.8, 4) is 0 Å². The van der Waals surface area contributed by atoms with E-state index in [4.69, 9.17) is 15.2 Å². The topological polar surface area (TPSA) is 169 Å². The van der Waals surface area contributed by atoms with Crippen LogP contribution < -0.4 is 27.0 Å². The van der Waals surface area contributed by atoms with Crippen LogP contribution in [-0.2, 0) is 16.0 Å². The number of aliphatic hydroxyl groups excluding tert-OH is 1. The van der Waals surface area contributed by atoms with Gasteiger partial charge in [-0.05, 0) is 55.5 Å². The maximum Gasteiger partial charge on any atom is 0.251 e. The summed E-state index contributed by atoms with van der Waals surface area (Å²) in [6.45, 7) is 3.29. The van der Waals surface area contributed by atoms with E-state index in [2.05, 4.69) is 36.2 Å². The number of aliphatic hydroxyl groups is 1. The lowest BCUT2D eigenvalue weighted by molar-refractivity contribution is 0.0511. The third-order valence-electron chi connectivity index (χ3n) is 6.53. The molecule has 3 aromatic rings. The molecule has 0 bridgehead atoms. The lowest BCUT2D eigenvalue weighted by Gasteiger charge is -2.26. The van der Waals surface area contributed by atoms with Crippen molar-refractivity contribution in [2.24, 2.45) is 5.73 Å². The quantitative estimate of drug-likeness (QED) is 0.141. The molecule has 0 unspecified atom stereocenters. The second-order valence-corrected chi connectivity index (χ2v) is 9.77. The van der Waals surface area contributed by atoms with Gasteiger partial charge >= 0.3 is 0 Å². The van der Waals surface area contributed by atoms with Gasteiger partial charge in [-0.25, -0.2) is 0 Å². The molecular weight excluding hydrogens is 524 g/mol. The summed E-state index contributed by atoms with van der Waals surface area (Å²) in [5, 5.41) is 22.6. The van der Waals surface area contributed by atoms with E-state index in [0.717, 1.165) is 36.9 Å². The standard InChI is InChI=1S/C29H40N8O4/c30-14-16-40-18-19-41-17-15-31-26(39)22-6-8-23(9-7-22)33-28-35-27(32-20-21-4-2-1-3-5-21)36-29(37-28)34-24-10-12-25(38)13-11-24/h1-9,24-25,38H,10-20,30H2,(H,31,39)(H3,32,33,34,35,36,37). The van der Waals surface area contributed by atoms with Crippen molar-refractivity contribution < 1.29 is 19.4 Å². The fourth-order valence-electron chi connectivity index (χ4n) is 4.33. The predicted octanol–water partition coefficient (Wildman–Crippen LogP) is 2.66. The number of nitrogens with zero attached hydrogens (tertiary/aromatic N) is 3. The van der Waals surface area contributed by atoms with E-state index in [1.54, 1.807) is 24.3 Å². The first kappa shape index (κ1) is 30.1. The molecule has 41 heavy (non-hydrogen) atoms. The van der Waals surface area contributed by atoms with Crippen molar-refractivity contribution in [3.05, 3.63) is 65.7 Å². The van der Waals surface area contributed by atoms with Gasteiger partial charge in [-0.15, -0.1) is 0 Å². The lowest BCUT2D eigenvalue weighted by atomic mass is 9.93. The van der Waals surface area contributed by atoms with Crippen molar-refractivity contribution in [3.63, 3.8) is 0 Å². The van der Waals surface area contributed by atoms with E-state index in [-0.39, 0.29) is 18.1 Å². The van der Waals surface area contributed by atoms with Gasteiger partial charge in [0.05, 0.1) is 32.5 Å². The number of hydrogen-bond acceptors (Lipinski definition) is 11. The SMILES string of the molecule is NCCOCCOCCNC(=O)c1ccc(Nc2nc(NCc3ccccc3)nc(NC3CCC(O)CC3)n2)cc1. The number of carbonyl (C=O) groups is 1. The summed E-state index contributed by atoms with van der Waals surface area (Å²) >= 11 is 0. The average molecular weight is 565 g/mol. The zero-order valence-corrected chi connectivity index (χ0v) is 23.2. The predicted molar refractivity (Wildman–Crippen MR) is 158 cm³/mol. The fourth-order valence-corrected chi connectivity index (χ4v) is 4.33. The molecule has 12 heteroatoms. The van der Waals surface area contributed by atoms with Gasteiger partial charge in [0.1, 0.15) is 0 Å². The minimum absolute atomic E-state index is 0.184. The van der Waals surface area contributed by atoms with Crippen LogP contribution in [0.3, 0.4) is 0 Å². The first-order valence-corrected chi connectivity index (χ1v) is 14.1. The number of hydrogen-bond donors (Lipinski definition) is 6. The first-order chi connectivity index (χ1) is 20.1. The molecule has 2 aromatic carbocycles. The summed E-state index contributed by atoms with van der Waals surface area (Å²) in [4.78, 5) is 26.2. The lowest BCUT2D eigenvalue weighted by Crippen LogP contribution is -2.29. The Morgan fingerprint density at radius 2 is 1.54 bits per heavy atom. The van der Waals surface area contributed by atoms with Crippen LogP contribution in [0, 0.1) is 0 Å². The molecule has 0 saturated heterocycles. The maximum absolute atomic E-state index is 12.5. The van der Waals surface area contributed by atoms with Crippen LogP contribution in [0.5, 0.6) is 0 Å². The van der Waals surface area contributed by atoms with Gasteiger partial charge in [0, 0.05) is 36.9 Å². The second kappa shape index (κ2) is 16.4. The van der Waals surface area contributed by atoms with Crippen LogP contribution >= 0.6 is 0 Å². The highest BCUT2D eigenvalue weighted by molar-refractivity contribution is 5.94. The van der Waals surface area contributed by atoms with Gasteiger partial charge in [-0.2, -0.15) is 15.0 Å². The number of nitrogens with two attached hydrogens (primary N) is 1. The van der Waals surface area contributed by atoms with E-state index in [1.807, 2.05) is 30.3 Å². The maximum atomic E-state index is 12.5. The van der Waals surface area contributed by atoms with Crippen LogP contribution in [0.15, 0.2) is 54.6 Å². The Morgan fingerprint density at radius 3 is 2.27 bits per heavy atom. The van der Waals surface area contributed by atoms with E-state index >= 15 is 0 Å². The number of nitrogens with one attached hydrogen (secondary N) is 4. The summed E-state index contributed by atoms with van der Waals surface area (Å²) in [7, 11) is 0. The highest BCUT2D eigenvalue weighted by atomic mass is 16.5. The van der Waals surface area contributed by atoms with Crippen molar-refractivity contribution in [2.75, 3.05) is 55.5 Å². The van der Waals surface area contributed by atoms with Crippen LogP contribution in [-0.4, -0.2) is 77.6 Å². The molecule has 1 saturated carbocycles. The molecule has 0 radical (unpaired) electrons. The second-order valence-electron chi connectivity index (χ2n) is 9.77. The van der Waals surface area contributed by atoms with E-state index in [1.165, 1.54) is 0 Å². The Kier molecular flexibility index (Phi) is 12.1. The molecule has 0 spiro atoms. The molecular formula is C29H40N8O4. The Bertz CT molecular complexity index is 1190. The van der Waals surface area contributed by atoms with Gasteiger partial charge < -0.3 is 41.6 Å². The summed E-state index contributed by atoms with van der Waals surface area (Å²) in [5.74, 6) is 1.09. The number of aromatic nitrogens is 3. The van der Waals surface area contributed by atoms with Gasteiger partial charge in [0.25, 0.3) is 5.91 Å². The fraction of sp³-hybridized carbons (Fsp3) is 0.448. The number of benzene rings is 2. The van der Waals surface area contributed by atoms with Gasteiger partial charge in [-0.1, -0.05) is 30.3 Å². The highest BCUT2D eigenvalue weighted by Crippen LogP contribution is 2.23. The Balaban J connectivity index is 1.33. The van der Waals surface area contributed by atoms with E-state index in [0.29, 0.717) is 69.5 Å². The normalized spacial score (nSPS) is 16.6. The molecule has 1 aliphatic rings. The summed E-state index contributed by atoms with van der Waals surface area (Å²) in [6, 6.07) is 17.3. The largest absolute Gasteiger partial charge is 0.393 e. The Morgan fingerprint density at radius 1 is 0.854 bits per heavy atom. The molecule has 1 aromatic heterocycles. The average Bonchev–Trinajstić information content (AvgIpc) is 2.99.